The lowest BCUT2D eigenvalue weighted by Crippen LogP contribution is -2.29. The topological polar surface area (TPSA) is 81.7 Å². The van der Waals surface area contributed by atoms with E-state index in [1.54, 1.807) is 37.3 Å². The summed E-state index contributed by atoms with van der Waals surface area (Å²) in [6, 6.07) is 10.0. The Balaban J connectivity index is 2.23. The summed E-state index contributed by atoms with van der Waals surface area (Å²) in [6.07, 6.45) is 2.59. The fourth-order valence-corrected chi connectivity index (χ4v) is 4.02. The lowest BCUT2D eigenvalue weighted by atomic mass is 10.1. The molecule has 2 rings (SSSR count). The van der Waals surface area contributed by atoms with Crippen LogP contribution in [0, 0.1) is 6.92 Å². The molecule has 0 unspecified atom stereocenters. The Hall–Kier alpha value is -2.32. The van der Waals surface area contributed by atoms with Gasteiger partial charge in [0.1, 0.15) is 0 Å². The van der Waals surface area contributed by atoms with Crippen molar-refractivity contribution in [3.8, 4) is 11.5 Å². The van der Waals surface area contributed by atoms with Crippen molar-refractivity contribution < 1.29 is 22.7 Å². The molecule has 0 aliphatic carbocycles. The van der Waals surface area contributed by atoms with E-state index in [1.807, 2.05) is 4.72 Å². The van der Waals surface area contributed by atoms with Crippen molar-refractivity contribution in [3.63, 3.8) is 0 Å². The smallest absolute Gasteiger partial charge is 0.264 e. The van der Waals surface area contributed by atoms with E-state index in [9.17, 15) is 13.2 Å². The molecule has 0 fully saturated rings. The second kappa shape index (κ2) is 8.37. The third-order valence-electron chi connectivity index (χ3n) is 3.52. The summed E-state index contributed by atoms with van der Waals surface area (Å²) < 4.78 is 37.9. The van der Waals surface area contributed by atoms with Crippen LogP contribution in [0.25, 0.3) is 6.08 Å². The first kappa shape index (κ1) is 20.0. The monoisotopic (exact) mass is 439 g/mol. The van der Waals surface area contributed by atoms with Gasteiger partial charge in [-0.1, -0.05) is 34.1 Å². The van der Waals surface area contributed by atoms with Crippen molar-refractivity contribution >= 4 is 37.9 Å². The molecule has 0 saturated carbocycles. The summed E-state index contributed by atoms with van der Waals surface area (Å²) in [5.74, 6) is 0.187. The number of hydrogen-bond donors (Lipinski definition) is 1. The molecule has 138 valence electrons. The summed E-state index contributed by atoms with van der Waals surface area (Å²) in [6.45, 7) is 1.66. The molecule has 0 heterocycles. The van der Waals surface area contributed by atoms with Gasteiger partial charge in [0.2, 0.25) is 0 Å². The number of methoxy groups -OCH3 is 2. The molecular formula is C18H18BrNO5S. The highest BCUT2D eigenvalue weighted by atomic mass is 79.9. The van der Waals surface area contributed by atoms with Gasteiger partial charge in [-0.05, 0) is 36.8 Å². The first-order chi connectivity index (χ1) is 12.3. The number of carbonyl (C=O) groups excluding carboxylic acids is 1. The zero-order valence-electron chi connectivity index (χ0n) is 14.4. The summed E-state index contributed by atoms with van der Waals surface area (Å²) in [5.41, 5.74) is 1.12. The fourth-order valence-electron chi connectivity index (χ4n) is 2.29. The van der Waals surface area contributed by atoms with Gasteiger partial charge in [0.25, 0.3) is 15.9 Å². The van der Waals surface area contributed by atoms with E-state index in [2.05, 4.69) is 15.9 Å². The Morgan fingerprint density at radius 2 is 1.88 bits per heavy atom. The van der Waals surface area contributed by atoms with Crippen LogP contribution in [0.5, 0.6) is 11.5 Å². The minimum absolute atomic E-state index is 0.0348. The number of para-hydroxylation sites is 1. The lowest BCUT2D eigenvalue weighted by molar-refractivity contribution is -0.114. The van der Waals surface area contributed by atoms with Crippen LogP contribution in [0.2, 0.25) is 0 Å². The van der Waals surface area contributed by atoms with Crippen LogP contribution in [0.1, 0.15) is 11.1 Å². The number of aryl methyl sites for hydroxylation is 1. The molecule has 6 nitrogen and oxygen atoms in total. The average molecular weight is 440 g/mol. The molecule has 8 heteroatoms. The third-order valence-corrected chi connectivity index (χ3v) is 5.50. The van der Waals surface area contributed by atoms with Gasteiger partial charge in [0, 0.05) is 16.1 Å². The summed E-state index contributed by atoms with van der Waals surface area (Å²) in [4.78, 5) is 12.1. The molecule has 0 aliphatic rings. The fraction of sp³-hybridized carbons (Fsp3) is 0.167. The van der Waals surface area contributed by atoms with Crippen LogP contribution in [-0.2, 0) is 14.8 Å². The van der Waals surface area contributed by atoms with Crippen LogP contribution in [0.3, 0.4) is 0 Å². The zero-order chi connectivity index (χ0) is 19.3. The molecular weight excluding hydrogens is 422 g/mol. The maximum Gasteiger partial charge on any atom is 0.264 e. The van der Waals surface area contributed by atoms with Crippen molar-refractivity contribution in [1.82, 2.24) is 4.72 Å². The minimum Gasteiger partial charge on any atom is -0.493 e. The summed E-state index contributed by atoms with van der Waals surface area (Å²) >= 11 is 3.23. The van der Waals surface area contributed by atoms with Crippen molar-refractivity contribution in [2.75, 3.05) is 14.2 Å². The van der Waals surface area contributed by atoms with Gasteiger partial charge in [0.05, 0.1) is 19.1 Å². The zero-order valence-corrected chi connectivity index (χ0v) is 16.8. The van der Waals surface area contributed by atoms with Crippen molar-refractivity contribution in [2.24, 2.45) is 0 Å². The number of hydrogen-bond acceptors (Lipinski definition) is 5. The highest BCUT2D eigenvalue weighted by Gasteiger charge is 2.19. The summed E-state index contributed by atoms with van der Waals surface area (Å²) in [5, 5.41) is 0. The van der Waals surface area contributed by atoms with E-state index in [4.69, 9.17) is 9.47 Å². The van der Waals surface area contributed by atoms with Crippen LogP contribution in [0.4, 0.5) is 0 Å². The number of carbonyl (C=O) groups is 1. The van der Waals surface area contributed by atoms with Crippen LogP contribution in [-0.4, -0.2) is 28.5 Å². The molecule has 0 aliphatic heterocycles. The second-order valence-electron chi connectivity index (χ2n) is 5.30. The van der Waals surface area contributed by atoms with E-state index < -0.39 is 15.9 Å². The maximum absolute atomic E-state index is 12.4. The normalized spacial score (nSPS) is 11.4. The van der Waals surface area contributed by atoms with E-state index >= 15 is 0 Å². The Morgan fingerprint density at radius 1 is 1.15 bits per heavy atom. The van der Waals surface area contributed by atoms with E-state index in [0.717, 1.165) is 6.08 Å². The van der Waals surface area contributed by atoms with E-state index in [0.29, 0.717) is 27.1 Å². The molecule has 0 saturated heterocycles. The minimum atomic E-state index is -3.98. The Labute approximate surface area is 161 Å². The quantitative estimate of drug-likeness (QED) is 0.698. The number of amides is 1. The highest BCUT2D eigenvalue weighted by molar-refractivity contribution is 9.10. The van der Waals surface area contributed by atoms with Gasteiger partial charge in [-0.2, -0.15) is 0 Å². The predicted octanol–water partition coefficient (Wildman–Crippen LogP) is 3.29. The summed E-state index contributed by atoms with van der Waals surface area (Å²) in [7, 11) is -0.995. The average Bonchev–Trinajstić information content (AvgIpc) is 2.60. The predicted molar refractivity (Wildman–Crippen MR) is 103 cm³/mol. The molecule has 1 N–H and O–H groups in total. The van der Waals surface area contributed by atoms with Crippen LogP contribution in [0.15, 0.2) is 51.8 Å². The Kier molecular flexibility index (Phi) is 6.44. The maximum atomic E-state index is 12.4. The first-order valence-electron chi connectivity index (χ1n) is 7.50. The van der Waals surface area contributed by atoms with Gasteiger partial charge < -0.3 is 9.47 Å². The molecule has 0 spiro atoms. The Morgan fingerprint density at radius 3 is 2.54 bits per heavy atom. The van der Waals surface area contributed by atoms with Gasteiger partial charge in [-0.25, -0.2) is 13.1 Å². The lowest BCUT2D eigenvalue weighted by Gasteiger charge is -2.10. The van der Waals surface area contributed by atoms with E-state index in [1.165, 1.54) is 26.4 Å². The second-order valence-corrected chi connectivity index (χ2v) is 7.86. The number of benzene rings is 2. The molecule has 26 heavy (non-hydrogen) atoms. The van der Waals surface area contributed by atoms with Gasteiger partial charge in [-0.15, -0.1) is 0 Å². The molecule has 2 aromatic carbocycles. The molecule has 2 aromatic rings. The number of ether oxygens (including phenoxy) is 2. The molecule has 0 radical (unpaired) electrons. The molecule has 0 atom stereocenters. The van der Waals surface area contributed by atoms with Crippen LogP contribution < -0.4 is 14.2 Å². The molecule has 0 bridgehead atoms. The third kappa shape index (κ3) is 4.64. The number of sulfonamides is 1. The number of halogens is 1. The number of nitrogens with one attached hydrogen (secondary N) is 1. The highest BCUT2D eigenvalue weighted by Crippen LogP contribution is 2.31. The van der Waals surface area contributed by atoms with E-state index in [-0.39, 0.29) is 4.90 Å². The van der Waals surface area contributed by atoms with Crippen molar-refractivity contribution in [2.45, 2.75) is 11.8 Å². The van der Waals surface area contributed by atoms with Crippen molar-refractivity contribution in [3.05, 3.63) is 58.1 Å². The SMILES string of the molecule is COc1cccc(/C=C/C(=O)NS(=O)(=O)c2cc(Br)ccc2C)c1OC. The first-order valence-corrected chi connectivity index (χ1v) is 9.78. The van der Waals surface area contributed by atoms with Gasteiger partial charge in [-0.3, -0.25) is 4.79 Å². The van der Waals surface area contributed by atoms with Crippen molar-refractivity contribution in [1.29, 1.82) is 0 Å². The largest absolute Gasteiger partial charge is 0.493 e. The molecule has 0 aromatic heterocycles. The van der Waals surface area contributed by atoms with Gasteiger partial charge >= 0.3 is 0 Å². The standard InChI is InChI=1S/C18H18BrNO5S/c1-12-7-9-14(19)11-16(12)26(22,23)20-17(21)10-8-13-5-4-6-15(24-2)18(13)25-3/h4-11H,1-3H3,(H,20,21)/b10-8+. The van der Waals surface area contributed by atoms with Gasteiger partial charge in [0.15, 0.2) is 11.5 Å². The van der Waals surface area contributed by atoms with Crippen LogP contribution >= 0.6 is 15.9 Å². The molecule has 1 amide bonds. The Bertz CT molecular complexity index is 954. The number of rotatable bonds is 6.